The lowest BCUT2D eigenvalue weighted by molar-refractivity contribution is 0.785. The minimum atomic E-state index is 0.243. The first-order valence-electron chi connectivity index (χ1n) is 4.81. The van der Waals surface area contributed by atoms with Crippen LogP contribution in [0.3, 0.4) is 0 Å². The van der Waals surface area contributed by atoms with E-state index in [0.717, 1.165) is 16.7 Å². The smallest absolute Gasteiger partial charge is 0.135 e. The Morgan fingerprint density at radius 1 is 1.27 bits per heavy atom. The number of hydrogen-bond acceptors (Lipinski definition) is 3. The minimum Gasteiger partial charge on any atom is -0.383 e. The molecule has 2 N–H and O–H groups in total. The van der Waals surface area contributed by atoms with Crippen molar-refractivity contribution in [2.24, 2.45) is 0 Å². The van der Waals surface area contributed by atoms with Gasteiger partial charge >= 0.3 is 0 Å². The summed E-state index contributed by atoms with van der Waals surface area (Å²) in [5.74, 6) is 1.47. The fourth-order valence-electron chi connectivity index (χ4n) is 1.42. The molecule has 78 valence electrons. The summed E-state index contributed by atoms with van der Waals surface area (Å²) in [6.07, 6.45) is 0. The second kappa shape index (κ2) is 3.66. The summed E-state index contributed by atoms with van der Waals surface area (Å²) in [4.78, 5) is 8.66. The number of aromatic nitrogens is 2. The first kappa shape index (κ1) is 10.2. The van der Waals surface area contributed by atoms with Crippen LogP contribution in [0.1, 0.15) is 25.6 Å². The number of fused-ring (bicyclic) bond motifs is 1. The molecule has 0 unspecified atom stereocenters. The van der Waals surface area contributed by atoms with E-state index in [1.807, 2.05) is 26.0 Å². The van der Waals surface area contributed by atoms with Crippen molar-refractivity contribution < 1.29 is 0 Å². The highest BCUT2D eigenvalue weighted by atomic mass is 35.5. The van der Waals surface area contributed by atoms with Crippen molar-refractivity contribution in [1.82, 2.24) is 9.97 Å². The Morgan fingerprint density at radius 2 is 2.00 bits per heavy atom. The molecule has 1 aromatic carbocycles. The second-order valence-corrected chi connectivity index (χ2v) is 4.16. The van der Waals surface area contributed by atoms with Gasteiger partial charge in [0.2, 0.25) is 0 Å². The van der Waals surface area contributed by atoms with Crippen LogP contribution in [0.25, 0.3) is 10.9 Å². The number of hydrogen-bond donors (Lipinski definition) is 1. The zero-order valence-electron chi connectivity index (χ0n) is 8.66. The third-order valence-electron chi connectivity index (χ3n) is 2.24. The number of rotatable bonds is 1. The molecule has 0 saturated carbocycles. The summed E-state index contributed by atoms with van der Waals surface area (Å²) in [6.45, 7) is 4.05. The Morgan fingerprint density at radius 3 is 2.67 bits per heavy atom. The van der Waals surface area contributed by atoms with Crippen molar-refractivity contribution in [3.63, 3.8) is 0 Å². The van der Waals surface area contributed by atoms with E-state index >= 15 is 0 Å². The molecular weight excluding hydrogens is 210 g/mol. The molecule has 0 aliphatic rings. The van der Waals surface area contributed by atoms with Gasteiger partial charge in [-0.15, -0.1) is 0 Å². The van der Waals surface area contributed by atoms with E-state index in [9.17, 15) is 0 Å². The third kappa shape index (κ3) is 1.75. The van der Waals surface area contributed by atoms with Gasteiger partial charge in [0.1, 0.15) is 11.6 Å². The summed E-state index contributed by atoms with van der Waals surface area (Å²) in [5, 5.41) is 1.43. The lowest BCUT2D eigenvalue weighted by Gasteiger charge is -2.08. The maximum Gasteiger partial charge on any atom is 0.135 e. The Labute approximate surface area is 93.3 Å². The predicted molar refractivity (Wildman–Crippen MR) is 63.0 cm³/mol. The molecular formula is C11H12ClN3. The van der Waals surface area contributed by atoms with E-state index in [4.69, 9.17) is 17.3 Å². The van der Waals surface area contributed by atoms with Crippen molar-refractivity contribution in [3.8, 4) is 0 Å². The van der Waals surface area contributed by atoms with Gasteiger partial charge in [-0.2, -0.15) is 0 Å². The highest BCUT2D eigenvalue weighted by Gasteiger charge is 2.09. The largest absolute Gasteiger partial charge is 0.383 e. The van der Waals surface area contributed by atoms with Crippen molar-refractivity contribution >= 4 is 28.3 Å². The zero-order valence-corrected chi connectivity index (χ0v) is 9.42. The van der Waals surface area contributed by atoms with Crippen molar-refractivity contribution in [3.05, 3.63) is 29.0 Å². The van der Waals surface area contributed by atoms with Gasteiger partial charge in [0.15, 0.2) is 0 Å². The molecule has 0 fully saturated rings. The van der Waals surface area contributed by atoms with Gasteiger partial charge < -0.3 is 5.73 Å². The summed E-state index contributed by atoms with van der Waals surface area (Å²) in [5.41, 5.74) is 6.59. The van der Waals surface area contributed by atoms with Crippen molar-refractivity contribution in [2.75, 3.05) is 5.73 Å². The molecule has 0 aliphatic heterocycles. The van der Waals surface area contributed by atoms with Crippen LogP contribution in [0.5, 0.6) is 0 Å². The monoisotopic (exact) mass is 221 g/mol. The van der Waals surface area contributed by atoms with Crippen molar-refractivity contribution in [2.45, 2.75) is 19.8 Å². The van der Waals surface area contributed by atoms with Gasteiger partial charge in [-0.3, -0.25) is 0 Å². The van der Waals surface area contributed by atoms with E-state index in [1.54, 1.807) is 6.07 Å². The highest BCUT2D eigenvalue weighted by molar-refractivity contribution is 6.35. The lowest BCUT2D eigenvalue weighted by Crippen LogP contribution is -2.02. The number of nitrogens with zero attached hydrogens (tertiary/aromatic N) is 2. The quantitative estimate of drug-likeness (QED) is 0.806. The Balaban J connectivity index is 2.80. The topological polar surface area (TPSA) is 51.8 Å². The maximum absolute atomic E-state index is 6.06. The van der Waals surface area contributed by atoms with Gasteiger partial charge in [0.25, 0.3) is 0 Å². The van der Waals surface area contributed by atoms with Gasteiger partial charge in [0.05, 0.1) is 10.5 Å². The number of benzene rings is 1. The fraction of sp³-hybridized carbons (Fsp3) is 0.273. The van der Waals surface area contributed by atoms with Crippen LogP contribution in [0, 0.1) is 0 Å². The first-order valence-corrected chi connectivity index (χ1v) is 5.19. The Bertz CT molecular complexity index is 508. The summed E-state index contributed by atoms with van der Waals surface area (Å²) in [7, 11) is 0. The van der Waals surface area contributed by atoms with Crippen LogP contribution in [0.15, 0.2) is 18.2 Å². The molecule has 0 radical (unpaired) electrons. The second-order valence-electron chi connectivity index (χ2n) is 3.76. The summed E-state index contributed by atoms with van der Waals surface area (Å²) >= 11 is 6.06. The average Bonchev–Trinajstić information content (AvgIpc) is 2.19. The van der Waals surface area contributed by atoms with Crippen LogP contribution in [-0.4, -0.2) is 9.97 Å². The van der Waals surface area contributed by atoms with E-state index in [2.05, 4.69) is 9.97 Å². The van der Waals surface area contributed by atoms with Crippen LogP contribution >= 0.6 is 11.6 Å². The van der Waals surface area contributed by atoms with Crippen LogP contribution in [0.2, 0.25) is 5.02 Å². The molecule has 1 aromatic heterocycles. The van der Waals surface area contributed by atoms with Crippen LogP contribution < -0.4 is 5.73 Å². The number of halogens is 1. The van der Waals surface area contributed by atoms with Gasteiger partial charge in [0, 0.05) is 11.3 Å². The van der Waals surface area contributed by atoms with Crippen molar-refractivity contribution in [1.29, 1.82) is 0 Å². The third-order valence-corrected chi connectivity index (χ3v) is 2.55. The lowest BCUT2D eigenvalue weighted by atomic mass is 10.2. The van der Waals surface area contributed by atoms with Gasteiger partial charge in [-0.25, -0.2) is 9.97 Å². The van der Waals surface area contributed by atoms with E-state index < -0.39 is 0 Å². The fourth-order valence-corrected chi connectivity index (χ4v) is 1.63. The molecule has 0 atom stereocenters. The molecule has 0 saturated heterocycles. The first-order chi connectivity index (χ1) is 7.09. The molecule has 15 heavy (non-hydrogen) atoms. The number of para-hydroxylation sites is 1. The van der Waals surface area contributed by atoms with E-state index in [0.29, 0.717) is 10.8 Å². The summed E-state index contributed by atoms with van der Waals surface area (Å²) in [6, 6.07) is 5.53. The molecule has 0 spiro atoms. The normalized spacial score (nSPS) is 11.2. The van der Waals surface area contributed by atoms with E-state index in [1.165, 1.54) is 0 Å². The minimum absolute atomic E-state index is 0.243. The van der Waals surface area contributed by atoms with Gasteiger partial charge in [-0.1, -0.05) is 31.5 Å². The molecule has 3 nitrogen and oxygen atoms in total. The van der Waals surface area contributed by atoms with E-state index in [-0.39, 0.29) is 5.92 Å². The molecule has 1 heterocycles. The number of nitrogen functional groups attached to an aromatic ring is 1. The Hall–Kier alpha value is -1.35. The van der Waals surface area contributed by atoms with Gasteiger partial charge in [-0.05, 0) is 12.1 Å². The zero-order chi connectivity index (χ0) is 11.0. The maximum atomic E-state index is 6.06. The Kier molecular flexibility index (Phi) is 2.49. The van der Waals surface area contributed by atoms with Crippen LogP contribution in [-0.2, 0) is 0 Å². The molecule has 0 aliphatic carbocycles. The number of anilines is 1. The average molecular weight is 222 g/mol. The predicted octanol–water partition coefficient (Wildman–Crippen LogP) is 2.99. The molecule has 0 bridgehead atoms. The molecule has 2 rings (SSSR count). The number of nitrogens with two attached hydrogens (primary N) is 1. The SMILES string of the molecule is CC(C)c1nc(N)c2cccc(Cl)c2n1. The molecule has 2 aromatic rings. The summed E-state index contributed by atoms with van der Waals surface area (Å²) < 4.78 is 0. The van der Waals surface area contributed by atoms with Crippen LogP contribution in [0.4, 0.5) is 5.82 Å². The standard InChI is InChI=1S/C11H12ClN3/c1-6(2)11-14-9-7(10(13)15-11)4-3-5-8(9)12/h3-6H,1-2H3,(H2,13,14,15). The highest BCUT2D eigenvalue weighted by Crippen LogP contribution is 2.26. The molecule has 4 heteroatoms. The molecule has 0 amide bonds.